The number of anilines is 1. The average molecular weight is 496 g/mol. The van der Waals surface area contributed by atoms with Gasteiger partial charge in [-0.05, 0) is 63.6 Å². The Kier molecular flexibility index (Phi) is 6.25. The highest BCUT2D eigenvalue weighted by Gasteiger charge is 2.26. The van der Waals surface area contributed by atoms with Gasteiger partial charge in [-0.1, -0.05) is 0 Å². The highest BCUT2D eigenvalue weighted by molar-refractivity contribution is 5.87. The van der Waals surface area contributed by atoms with Gasteiger partial charge in [-0.25, -0.2) is 14.3 Å². The molecule has 1 fully saturated rings. The van der Waals surface area contributed by atoms with Gasteiger partial charge in [0.05, 0.1) is 17.3 Å². The number of piperazine rings is 1. The molecule has 1 saturated heterocycles. The first-order valence-corrected chi connectivity index (χ1v) is 12.3. The lowest BCUT2D eigenvalue weighted by atomic mass is 10.00. The second-order valence-electron chi connectivity index (χ2n) is 10.2. The van der Waals surface area contributed by atoms with E-state index in [2.05, 4.69) is 27.1 Å². The van der Waals surface area contributed by atoms with Gasteiger partial charge in [0, 0.05) is 67.2 Å². The van der Waals surface area contributed by atoms with Crippen LogP contribution in [0.1, 0.15) is 32.0 Å². The van der Waals surface area contributed by atoms with Gasteiger partial charge in [0.15, 0.2) is 0 Å². The van der Waals surface area contributed by atoms with Gasteiger partial charge in [-0.3, -0.25) is 4.98 Å². The highest BCUT2D eigenvalue weighted by atomic mass is 16.6. The Bertz CT molecular complexity index is 1490. The maximum atomic E-state index is 12.4. The van der Waals surface area contributed by atoms with E-state index in [0.29, 0.717) is 31.7 Å². The minimum absolute atomic E-state index is 0.280. The molecule has 1 aliphatic rings. The molecule has 0 bridgehead atoms. The van der Waals surface area contributed by atoms with Crippen LogP contribution in [0.2, 0.25) is 0 Å². The predicted octanol–water partition coefficient (Wildman–Crippen LogP) is 4.70. The van der Waals surface area contributed by atoms with Crippen LogP contribution >= 0.6 is 0 Å². The number of amides is 1. The van der Waals surface area contributed by atoms with Gasteiger partial charge in [-0.15, -0.1) is 0 Å². The zero-order valence-electron chi connectivity index (χ0n) is 21.5. The average Bonchev–Trinajstić information content (AvgIpc) is 3.31. The van der Waals surface area contributed by atoms with Crippen LogP contribution in [0.5, 0.6) is 0 Å². The minimum Gasteiger partial charge on any atom is -0.444 e. The zero-order valence-corrected chi connectivity index (χ0v) is 21.5. The van der Waals surface area contributed by atoms with Crippen molar-refractivity contribution in [1.29, 1.82) is 5.26 Å². The smallest absolute Gasteiger partial charge is 0.410 e. The largest absolute Gasteiger partial charge is 0.444 e. The monoisotopic (exact) mass is 495 g/mol. The van der Waals surface area contributed by atoms with Crippen LogP contribution in [0.25, 0.3) is 27.8 Å². The van der Waals surface area contributed by atoms with Gasteiger partial charge in [-0.2, -0.15) is 10.4 Å². The fraction of sp³-hybridized carbons (Fsp3) is 0.321. The third kappa shape index (κ3) is 5.09. The summed E-state index contributed by atoms with van der Waals surface area (Å²) >= 11 is 0. The number of hydrogen-bond donors (Lipinski definition) is 0. The van der Waals surface area contributed by atoms with Crippen molar-refractivity contribution in [3.63, 3.8) is 0 Å². The van der Waals surface area contributed by atoms with E-state index in [1.165, 1.54) is 0 Å². The summed E-state index contributed by atoms with van der Waals surface area (Å²) in [7, 11) is 0. The van der Waals surface area contributed by atoms with Crippen LogP contribution in [0.3, 0.4) is 0 Å². The number of rotatable bonds is 3. The van der Waals surface area contributed by atoms with Gasteiger partial charge in [0.25, 0.3) is 0 Å². The molecule has 0 aliphatic carbocycles. The molecular weight excluding hydrogens is 466 g/mol. The number of carbonyl (C=O) groups excluding carboxylic acids is 1. The summed E-state index contributed by atoms with van der Waals surface area (Å²) in [6.07, 6.45) is 6.86. The van der Waals surface area contributed by atoms with E-state index in [-0.39, 0.29) is 6.09 Å². The Balaban J connectivity index is 1.41. The number of fused-ring (bicyclic) bond motifs is 1. The Morgan fingerprint density at radius 2 is 1.78 bits per heavy atom. The number of aromatic nitrogens is 4. The summed E-state index contributed by atoms with van der Waals surface area (Å²) in [5, 5.41) is 14.1. The van der Waals surface area contributed by atoms with Crippen molar-refractivity contribution in [1.82, 2.24) is 24.5 Å². The van der Waals surface area contributed by atoms with E-state index in [0.717, 1.165) is 39.3 Å². The third-order valence-corrected chi connectivity index (χ3v) is 6.28. The number of hydrogen-bond acceptors (Lipinski definition) is 7. The summed E-state index contributed by atoms with van der Waals surface area (Å²) in [5.74, 6) is 0.846. The van der Waals surface area contributed by atoms with Crippen LogP contribution in [0.15, 0.2) is 55.1 Å². The Morgan fingerprint density at radius 1 is 1.00 bits per heavy atom. The summed E-state index contributed by atoms with van der Waals surface area (Å²) < 4.78 is 7.25. The van der Waals surface area contributed by atoms with Crippen molar-refractivity contribution in [2.45, 2.75) is 33.3 Å². The molecule has 188 valence electrons. The summed E-state index contributed by atoms with van der Waals surface area (Å²) in [6.45, 7) is 10.1. The van der Waals surface area contributed by atoms with Crippen molar-refractivity contribution in [2.75, 3.05) is 31.1 Å². The van der Waals surface area contributed by atoms with E-state index in [1.807, 2.05) is 64.4 Å². The third-order valence-electron chi connectivity index (χ3n) is 6.28. The Hall–Kier alpha value is -4.45. The van der Waals surface area contributed by atoms with Crippen LogP contribution in [-0.4, -0.2) is 62.4 Å². The first kappa shape index (κ1) is 24.3. The lowest BCUT2D eigenvalue weighted by Crippen LogP contribution is -2.50. The molecule has 1 amide bonds. The van der Waals surface area contributed by atoms with Gasteiger partial charge in [0.2, 0.25) is 0 Å². The van der Waals surface area contributed by atoms with Crippen LogP contribution in [-0.2, 0) is 4.74 Å². The van der Waals surface area contributed by atoms with E-state index < -0.39 is 5.60 Å². The fourth-order valence-corrected chi connectivity index (χ4v) is 4.48. The van der Waals surface area contributed by atoms with Crippen molar-refractivity contribution in [3.8, 4) is 28.3 Å². The minimum atomic E-state index is -0.508. The van der Waals surface area contributed by atoms with Gasteiger partial charge >= 0.3 is 6.09 Å². The Labute approximate surface area is 215 Å². The van der Waals surface area contributed by atoms with E-state index in [9.17, 15) is 10.1 Å². The number of carbonyl (C=O) groups is 1. The second kappa shape index (κ2) is 9.54. The summed E-state index contributed by atoms with van der Waals surface area (Å²) in [6, 6.07) is 12.3. The zero-order chi connectivity index (χ0) is 26.2. The fourth-order valence-electron chi connectivity index (χ4n) is 4.48. The van der Waals surface area contributed by atoms with Crippen molar-refractivity contribution >= 4 is 17.4 Å². The maximum absolute atomic E-state index is 12.4. The first-order chi connectivity index (χ1) is 17.7. The molecule has 0 saturated carbocycles. The molecule has 0 spiro atoms. The van der Waals surface area contributed by atoms with Crippen molar-refractivity contribution < 1.29 is 9.53 Å². The molecule has 0 aromatic carbocycles. The maximum Gasteiger partial charge on any atom is 0.410 e. The van der Waals surface area contributed by atoms with E-state index in [1.54, 1.807) is 21.8 Å². The molecule has 4 aromatic heterocycles. The summed E-state index contributed by atoms with van der Waals surface area (Å²) in [4.78, 5) is 25.3. The molecule has 0 unspecified atom stereocenters. The molecule has 4 aromatic rings. The van der Waals surface area contributed by atoms with Crippen LogP contribution < -0.4 is 4.90 Å². The number of nitriles is 1. The number of aryl methyl sites for hydroxylation is 1. The van der Waals surface area contributed by atoms with E-state index in [4.69, 9.17) is 9.72 Å². The normalized spacial score (nSPS) is 14.0. The first-order valence-electron chi connectivity index (χ1n) is 12.3. The van der Waals surface area contributed by atoms with Crippen molar-refractivity contribution in [2.24, 2.45) is 0 Å². The standard InChI is InChI=1S/C28H29N7O2/c1-19-13-20(7-8-30-19)22-14-24(26-23(15-29)17-32-35(26)18-22)21-5-6-25(31-16-21)33-9-11-34(12-10-33)27(36)37-28(2,3)4/h5-8,13-14,16-18H,9-12H2,1-4H3. The predicted molar refractivity (Wildman–Crippen MR) is 141 cm³/mol. The molecule has 9 heteroatoms. The Morgan fingerprint density at radius 3 is 2.43 bits per heavy atom. The molecule has 0 N–H and O–H groups in total. The molecule has 5 heterocycles. The number of ether oxygens (including phenoxy) is 1. The molecule has 37 heavy (non-hydrogen) atoms. The molecule has 9 nitrogen and oxygen atoms in total. The van der Waals surface area contributed by atoms with Crippen LogP contribution in [0, 0.1) is 18.3 Å². The topological polar surface area (TPSA) is 99.7 Å². The SMILES string of the molecule is Cc1cc(-c2cc(-c3ccc(N4CCN(C(=O)OC(C)(C)C)CC4)nc3)c3c(C#N)cnn3c2)ccn1. The molecular formula is C28H29N7O2. The molecule has 0 atom stereocenters. The van der Waals surface area contributed by atoms with E-state index >= 15 is 0 Å². The van der Waals surface area contributed by atoms with Crippen molar-refractivity contribution in [3.05, 3.63) is 66.4 Å². The van der Waals surface area contributed by atoms with Gasteiger partial charge in [0.1, 0.15) is 17.5 Å². The number of nitrogens with zero attached hydrogens (tertiary/aromatic N) is 7. The molecule has 5 rings (SSSR count). The molecule has 1 aliphatic heterocycles. The lowest BCUT2D eigenvalue weighted by Gasteiger charge is -2.36. The van der Waals surface area contributed by atoms with Gasteiger partial charge < -0.3 is 14.5 Å². The molecule has 0 radical (unpaired) electrons. The van der Waals surface area contributed by atoms with Crippen LogP contribution in [0.4, 0.5) is 10.6 Å². The highest BCUT2D eigenvalue weighted by Crippen LogP contribution is 2.32. The lowest BCUT2D eigenvalue weighted by molar-refractivity contribution is 0.0240. The number of pyridine rings is 3. The second-order valence-corrected chi connectivity index (χ2v) is 10.2. The summed E-state index contributed by atoms with van der Waals surface area (Å²) in [5.41, 5.74) is 5.45. The quantitative estimate of drug-likeness (QED) is 0.406.